The zero-order valence-electron chi connectivity index (χ0n) is 14.8. The molecule has 5 heteroatoms. The van der Waals surface area contributed by atoms with E-state index in [0.29, 0.717) is 6.42 Å². The van der Waals surface area contributed by atoms with E-state index < -0.39 is 6.04 Å². The normalized spacial score (nSPS) is 15.3. The van der Waals surface area contributed by atoms with Gasteiger partial charge in [0, 0.05) is 18.2 Å². The zero-order chi connectivity index (χ0) is 18.6. The summed E-state index contributed by atoms with van der Waals surface area (Å²) < 4.78 is 7.27. The molecule has 1 aromatic heterocycles. The molecule has 1 amide bonds. The Morgan fingerprint density at radius 3 is 2.63 bits per heavy atom. The van der Waals surface area contributed by atoms with Crippen molar-refractivity contribution in [3.8, 4) is 11.3 Å². The first-order valence-corrected chi connectivity index (χ1v) is 8.99. The largest absolute Gasteiger partial charge is 0.461 e. The molecule has 136 valence electrons. The third-order valence-corrected chi connectivity index (χ3v) is 4.74. The lowest BCUT2D eigenvalue weighted by molar-refractivity contribution is -0.145. The highest BCUT2D eigenvalue weighted by atomic mass is 16.5. The molecule has 0 fully saturated rings. The third kappa shape index (κ3) is 3.62. The molecule has 2 heterocycles. The standard InChI is InChI=1S/C22H20N2O3/c25-21(27-15-16-7-2-1-3-8-16)13-12-20-22(26)23-18-10-5-4-9-17(18)19-11-6-14-24(19)20/h1-11,14,20H,12-13,15H2,(H,23,26)/t20-/m0/s1. The van der Waals surface area contributed by atoms with E-state index in [-0.39, 0.29) is 24.9 Å². The SMILES string of the molecule is O=C(CC[C@H]1C(=O)Nc2ccccc2-c2cccn21)OCc1ccccc1. The average molecular weight is 360 g/mol. The van der Waals surface area contributed by atoms with Crippen molar-refractivity contribution in [1.82, 2.24) is 4.57 Å². The number of ether oxygens (including phenoxy) is 1. The zero-order valence-corrected chi connectivity index (χ0v) is 14.8. The van der Waals surface area contributed by atoms with Crippen LogP contribution >= 0.6 is 0 Å². The molecule has 0 bridgehead atoms. The highest BCUT2D eigenvalue weighted by Crippen LogP contribution is 2.35. The van der Waals surface area contributed by atoms with Gasteiger partial charge < -0.3 is 14.6 Å². The number of nitrogens with one attached hydrogen (secondary N) is 1. The number of amides is 1. The van der Waals surface area contributed by atoms with Gasteiger partial charge in [0.15, 0.2) is 0 Å². The molecule has 0 radical (unpaired) electrons. The van der Waals surface area contributed by atoms with Gasteiger partial charge in [0.05, 0.1) is 11.4 Å². The minimum absolute atomic E-state index is 0.117. The van der Waals surface area contributed by atoms with Gasteiger partial charge in [0.1, 0.15) is 12.6 Å². The molecule has 5 nitrogen and oxygen atoms in total. The van der Waals surface area contributed by atoms with Crippen molar-refractivity contribution in [2.24, 2.45) is 0 Å². The molecular formula is C22H20N2O3. The van der Waals surface area contributed by atoms with Crippen LogP contribution in [0.15, 0.2) is 72.9 Å². The van der Waals surface area contributed by atoms with Crippen LogP contribution < -0.4 is 5.32 Å². The Morgan fingerprint density at radius 1 is 1.00 bits per heavy atom. The fourth-order valence-corrected chi connectivity index (χ4v) is 3.39. The number of rotatable bonds is 5. The summed E-state index contributed by atoms with van der Waals surface area (Å²) in [6.07, 6.45) is 2.45. The predicted octanol–water partition coefficient (Wildman–Crippen LogP) is 4.17. The minimum Gasteiger partial charge on any atom is -0.461 e. The van der Waals surface area contributed by atoms with Gasteiger partial charge in [-0.25, -0.2) is 0 Å². The van der Waals surface area contributed by atoms with Crippen LogP contribution in [0.4, 0.5) is 5.69 Å². The molecule has 0 unspecified atom stereocenters. The Labute approximate surface area is 157 Å². The molecule has 0 aliphatic carbocycles. The van der Waals surface area contributed by atoms with Crippen molar-refractivity contribution < 1.29 is 14.3 Å². The predicted molar refractivity (Wildman–Crippen MR) is 103 cm³/mol. The molecule has 1 aliphatic rings. The van der Waals surface area contributed by atoms with E-state index >= 15 is 0 Å². The van der Waals surface area contributed by atoms with Gasteiger partial charge >= 0.3 is 5.97 Å². The number of benzene rings is 2. The fraction of sp³-hybridized carbons (Fsp3) is 0.182. The highest BCUT2D eigenvalue weighted by molar-refractivity contribution is 5.99. The number of nitrogens with zero attached hydrogens (tertiary/aromatic N) is 1. The van der Waals surface area contributed by atoms with Crippen molar-refractivity contribution in [3.05, 3.63) is 78.5 Å². The Bertz CT molecular complexity index is 962. The van der Waals surface area contributed by atoms with Crippen molar-refractivity contribution in [2.75, 3.05) is 5.32 Å². The van der Waals surface area contributed by atoms with Crippen LogP contribution in [-0.4, -0.2) is 16.4 Å². The molecule has 3 aromatic rings. The van der Waals surface area contributed by atoms with Crippen LogP contribution in [0.3, 0.4) is 0 Å². The Kier molecular flexibility index (Phi) is 4.75. The maximum Gasteiger partial charge on any atom is 0.306 e. The number of para-hydroxylation sites is 1. The maximum atomic E-state index is 12.7. The van der Waals surface area contributed by atoms with Gasteiger partial charge in [-0.1, -0.05) is 48.5 Å². The summed E-state index contributed by atoms with van der Waals surface area (Å²) in [5.74, 6) is -0.421. The fourth-order valence-electron chi connectivity index (χ4n) is 3.39. The molecule has 27 heavy (non-hydrogen) atoms. The van der Waals surface area contributed by atoms with Crippen LogP contribution in [0.1, 0.15) is 24.4 Å². The Hall–Kier alpha value is -3.34. The van der Waals surface area contributed by atoms with E-state index in [2.05, 4.69) is 5.32 Å². The number of fused-ring (bicyclic) bond motifs is 3. The maximum absolute atomic E-state index is 12.7. The van der Waals surface area contributed by atoms with Gasteiger partial charge in [-0.05, 0) is 30.2 Å². The first-order chi connectivity index (χ1) is 13.2. The summed E-state index contributed by atoms with van der Waals surface area (Å²) in [4.78, 5) is 24.9. The van der Waals surface area contributed by atoms with Crippen molar-refractivity contribution in [1.29, 1.82) is 0 Å². The van der Waals surface area contributed by atoms with E-state index in [4.69, 9.17) is 4.74 Å². The van der Waals surface area contributed by atoms with Gasteiger partial charge in [0.2, 0.25) is 5.91 Å². The first-order valence-electron chi connectivity index (χ1n) is 8.99. The average Bonchev–Trinajstić information content (AvgIpc) is 3.13. The lowest BCUT2D eigenvalue weighted by Crippen LogP contribution is -2.25. The topological polar surface area (TPSA) is 60.3 Å². The Morgan fingerprint density at radius 2 is 1.78 bits per heavy atom. The third-order valence-electron chi connectivity index (χ3n) is 4.74. The van der Waals surface area contributed by atoms with Crippen LogP contribution in [0.2, 0.25) is 0 Å². The number of hydrogen-bond donors (Lipinski definition) is 1. The second-order valence-electron chi connectivity index (χ2n) is 6.54. The molecular weight excluding hydrogens is 340 g/mol. The number of esters is 1. The smallest absolute Gasteiger partial charge is 0.306 e. The summed E-state index contributed by atoms with van der Waals surface area (Å²) in [7, 11) is 0. The number of aromatic nitrogens is 1. The molecule has 4 rings (SSSR count). The van der Waals surface area contributed by atoms with Gasteiger partial charge in [-0.2, -0.15) is 0 Å². The number of carbonyl (C=O) groups excluding carboxylic acids is 2. The number of hydrogen-bond acceptors (Lipinski definition) is 3. The van der Waals surface area contributed by atoms with E-state index in [0.717, 1.165) is 22.5 Å². The number of anilines is 1. The molecule has 0 spiro atoms. The second kappa shape index (κ2) is 7.50. The summed E-state index contributed by atoms with van der Waals surface area (Å²) in [6, 6.07) is 20.7. The van der Waals surface area contributed by atoms with E-state index in [1.807, 2.05) is 77.5 Å². The first kappa shape index (κ1) is 17.1. The van der Waals surface area contributed by atoms with Gasteiger partial charge in [0.25, 0.3) is 0 Å². The van der Waals surface area contributed by atoms with Crippen molar-refractivity contribution >= 4 is 17.6 Å². The summed E-state index contributed by atoms with van der Waals surface area (Å²) >= 11 is 0. The summed E-state index contributed by atoms with van der Waals surface area (Å²) in [5, 5.41) is 2.98. The molecule has 1 atom stereocenters. The van der Waals surface area contributed by atoms with E-state index in [1.165, 1.54) is 0 Å². The molecule has 1 N–H and O–H groups in total. The molecule has 1 aliphatic heterocycles. The van der Waals surface area contributed by atoms with Crippen LogP contribution in [-0.2, 0) is 20.9 Å². The molecule has 0 saturated carbocycles. The lowest BCUT2D eigenvalue weighted by Gasteiger charge is -2.17. The number of carbonyl (C=O) groups is 2. The van der Waals surface area contributed by atoms with E-state index in [1.54, 1.807) is 0 Å². The van der Waals surface area contributed by atoms with Gasteiger partial charge in [-0.15, -0.1) is 0 Å². The van der Waals surface area contributed by atoms with Crippen molar-refractivity contribution in [2.45, 2.75) is 25.5 Å². The summed E-state index contributed by atoms with van der Waals surface area (Å²) in [6.45, 7) is 0.247. The van der Waals surface area contributed by atoms with Crippen LogP contribution in [0.5, 0.6) is 0 Å². The second-order valence-corrected chi connectivity index (χ2v) is 6.54. The van der Waals surface area contributed by atoms with E-state index in [9.17, 15) is 9.59 Å². The lowest BCUT2D eigenvalue weighted by atomic mass is 10.1. The van der Waals surface area contributed by atoms with Crippen molar-refractivity contribution in [3.63, 3.8) is 0 Å². The summed E-state index contributed by atoms with van der Waals surface area (Å²) in [5.41, 5.74) is 3.68. The Balaban J connectivity index is 1.45. The monoisotopic (exact) mass is 360 g/mol. The van der Waals surface area contributed by atoms with Crippen LogP contribution in [0.25, 0.3) is 11.3 Å². The molecule has 2 aromatic carbocycles. The van der Waals surface area contributed by atoms with Crippen LogP contribution in [0, 0.1) is 0 Å². The van der Waals surface area contributed by atoms with Gasteiger partial charge in [-0.3, -0.25) is 9.59 Å². The molecule has 0 saturated heterocycles. The highest BCUT2D eigenvalue weighted by Gasteiger charge is 2.28. The minimum atomic E-state index is -0.452. The quantitative estimate of drug-likeness (QED) is 0.695.